The SMILES string of the molecule is Cc1cccc(C)c1N(CCNCCCc1c(F)cccc1F)C1CCCCC1. The molecule has 0 amide bonds. The first-order chi connectivity index (χ1) is 14.1. The second-order valence-corrected chi connectivity index (χ2v) is 8.28. The second-order valence-electron chi connectivity index (χ2n) is 8.28. The molecule has 2 aromatic carbocycles. The van der Waals surface area contributed by atoms with Crippen molar-refractivity contribution in [2.24, 2.45) is 0 Å². The Morgan fingerprint density at radius 2 is 1.52 bits per heavy atom. The van der Waals surface area contributed by atoms with Crippen LogP contribution in [0.25, 0.3) is 0 Å². The Labute approximate surface area is 174 Å². The standard InChI is InChI=1S/C25H34F2N2/c1-19-9-6-10-20(2)25(19)29(21-11-4-3-5-12-21)18-17-28-16-8-13-22-23(26)14-7-15-24(22)27/h6-7,9-10,14-15,21,28H,3-5,8,11-13,16-18H2,1-2H3. The zero-order valence-electron chi connectivity index (χ0n) is 17.8. The number of rotatable bonds is 9. The van der Waals surface area contributed by atoms with Crippen LogP contribution in [0.2, 0.25) is 0 Å². The van der Waals surface area contributed by atoms with Gasteiger partial charge in [-0.3, -0.25) is 0 Å². The summed E-state index contributed by atoms with van der Waals surface area (Å²) in [5.41, 5.74) is 4.26. The molecule has 2 aromatic rings. The van der Waals surface area contributed by atoms with Crippen molar-refractivity contribution in [2.75, 3.05) is 24.5 Å². The largest absolute Gasteiger partial charge is 0.367 e. The van der Waals surface area contributed by atoms with Gasteiger partial charge in [-0.25, -0.2) is 8.78 Å². The number of aryl methyl sites for hydroxylation is 2. The Balaban J connectivity index is 1.54. The van der Waals surface area contributed by atoms with Gasteiger partial charge < -0.3 is 10.2 Å². The lowest BCUT2D eigenvalue weighted by atomic mass is 9.92. The minimum atomic E-state index is -0.441. The number of hydrogen-bond donors (Lipinski definition) is 1. The highest BCUT2D eigenvalue weighted by atomic mass is 19.1. The van der Waals surface area contributed by atoms with Gasteiger partial charge in [-0.2, -0.15) is 0 Å². The molecule has 2 nitrogen and oxygen atoms in total. The molecule has 3 rings (SSSR count). The molecule has 0 radical (unpaired) electrons. The third-order valence-electron chi connectivity index (χ3n) is 6.11. The predicted molar refractivity (Wildman–Crippen MR) is 118 cm³/mol. The van der Waals surface area contributed by atoms with Crippen LogP contribution in [0.1, 0.15) is 55.2 Å². The number of para-hydroxylation sites is 1. The number of benzene rings is 2. The maximum absolute atomic E-state index is 13.7. The molecule has 1 N–H and O–H groups in total. The molecule has 4 heteroatoms. The van der Waals surface area contributed by atoms with Crippen molar-refractivity contribution in [3.05, 3.63) is 64.7 Å². The Kier molecular flexibility index (Phi) is 8.05. The summed E-state index contributed by atoms with van der Waals surface area (Å²) in [7, 11) is 0. The van der Waals surface area contributed by atoms with Crippen LogP contribution >= 0.6 is 0 Å². The van der Waals surface area contributed by atoms with E-state index >= 15 is 0 Å². The van der Waals surface area contributed by atoms with Gasteiger partial charge in [-0.15, -0.1) is 0 Å². The van der Waals surface area contributed by atoms with Gasteiger partial charge in [-0.05, 0) is 69.3 Å². The first-order valence-corrected chi connectivity index (χ1v) is 11.0. The van der Waals surface area contributed by atoms with Crippen molar-refractivity contribution in [3.63, 3.8) is 0 Å². The van der Waals surface area contributed by atoms with Crippen LogP contribution in [0.4, 0.5) is 14.5 Å². The van der Waals surface area contributed by atoms with E-state index in [0.717, 1.165) is 26.1 Å². The van der Waals surface area contributed by atoms with Gasteiger partial charge in [-0.1, -0.05) is 43.5 Å². The van der Waals surface area contributed by atoms with Crippen molar-refractivity contribution in [1.29, 1.82) is 0 Å². The molecular formula is C25H34F2N2. The van der Waals surface area contributed by atoms with Crippen molar-refractivity contribution in [2.45, 2.75) is 64.8 Å². The number of nitrogens with one attached hydrogen (secondary N) is 1. The van der Waals surface area contributed by atoms with E-state index in [2.05, 4.69) is 42.3 Å². The summed E-state index contributed by atoms with van der Waals surface area (Å²) in [5.74, 6) is -0.882. The fraction of sp³-hybridized carbons (Fsp3) is 0.520. The van der Waals surface area contributed by atoms with Gasteiger partial charge in [0.15, 0.2) is 0 Å². The van der Waals surface area contributed by atoms with Crippen LogP contribution in [-0.2, 0) is 6.42 Å². The lowest BCUT2D eigenvalue weighted by Crippen LogP contribution is -2.42. The van der Waals surface area contributed by atoms with Crippen molar-refractivity contribution in [1.82, 2.24) is 5.32 Å². The third kappa shape index (κ3) is 5.79. The number of anilines is 1. The van der Waals surface area contributed by atoms with Crippen molar-refractivity contribution in [3.8, 4) is 0 Å². The van der Waals surface area contributed by atoms with Crippen LogP contribution in [0.5, 0.6) is 0 Å². The minimum Gasteiger partial charge on any atom is -0.367 e. The summed E-state index contributed by atoms with van der Waals surface area (Å²) in [6.45, 7) is 7.01. The summed E-state index contributed by atoms with van der Waals surface area (Å²) in [6.07, 6.45) is 7.66. The molecule has 158 valence electrons. The zero-order valence-corrected chi connectivity index (χ0v) is 17.8. The summed E-state index contributed by atoms with van der Waals surface area (Å²) in [4.78, 5) is 2.60. The van der Waals surface area contributed by atoms with Gasteiger partial charge in [0.1, 0.15) is 11.6 Å². The summed E-state index contributed by atoms with van der Waals surface area (Å²) >= 11 is 0. The van der Waals surface area contributed by atoms with E-state index in [-0.39, 0.29) is 5.56 Å². The van der Waals surface area contributed by atoms with E-state index in [1.165, 1.54) is 67.1 Å². The average Bonchev–Trinajstić information content (AvgIpc) is 2.71. The third-order valence-corrected chi connectivity index (χ3v) is 6.11. The van der Waals surface area contributed by atoms with E-state index in [1.54, 1.807) is 0 Å². The number of halogens is 2. The molecule has 1 aliphatic rings. The van der Waals surface area contributed by atoms with Gasteiger partial charge in [0.05, 0.1) is 0 Å². The number of nitrogens with zero attached hydrogens (tertiary/aromatic N) is 1. The molecule has 0 atom stereocenters. The first kappa shape index (κ1) is 21.8. The van der Waals surface area contributed by atoms with Crippen LogP contribution in [0, 0.1) is 25.5 Å². The van der Waals surface area contributed by atoms with Gasteiger partial charge >= 0.3 is 0 Å². The molecule has 0 aliphatic heterocycles. The molecule has 0 saturated heterocycles. The van der Waals surface area contributed by atoms with Crippen LogP contribution in [-0.4, -0.2) is 25.7 Å². The molecule has 0 heterocycles. The fourth-order valence-electron chi connectivity index (χ4n) is 4.61. The Morgan fingerprint density at radius 3 is 2.17 bits per heavy atom. The molecule has 1 saturated carbocycles. The maximum atomic E-state index is 13.7. The first-order valence-electron chi connectivity index (χ1n) is 11.0. The lowest BCUT2D eigenvalue weighted by molar-refractivity contribution is 0.411. The Bertz CT molecular complexity index is 744. The maximum Gasteiger partial charge on any atom is 0.129 e. The average molecular weight is 401 g/mol. The highest BCUT2D eigenvalue weighted by Crippen LogP contribution is 2.31. The molecule has 0 aromatic heterocycles. The predicted octanol–water partition coefficient (Wildman–Crippen LogP) is 5.94. The summed E-state index contributed by atoms with van der Waals surface area (Å²) in [6, 6.07) is 11.2. The summed E-state index contributed by atoms with van der Waals surface area (Å²) < 4.78 is 27.5. The van der Waals surface area contributed by atoms with Crippen molar-refractivity contribution >= 4 is 5.69 Å². The van der Waals surface area contributed by atoms with E-state index in [4.69, 9.17) is 0 Å². The van der Waals surface area contributed by atoms with Crippen LogP contribution in [0.15, 0.2) is 36.4 Å². The van der Waals surface area contributed by atoms with E-state index in [1.807, 2.05) is 0 Å². The zero-order chi connectivity index (χ0) is 20.6. The van der Waals surface area contributed by atoms with Crippen LogP contribution in [0.3, 0.4) is 0 Å². The van der Waals surface area contributed by atoms with E-state index in [0.29, 0.717) is 12.5 Å². The quantitative estimate of drug-likeness (QED) is 0.524. The molecule has 1 fully saturated rings. The smallest absolute Gasteiger partial charge is 0.129 e. The highest BCUT2D eigenvalue weighted by molar-refractivity contribution is 5.59. The topological polar surface area (TPSA) is 15.3 Å². The van der Waals surface area contributed by atoms with Gasteiger partial charge in [0, 0.05) is 30.4 Å². The highest BCUT2D eigenvalue weighted by Gasteiger charge is 2.23. The van der Waals surface area contributed by atoms with Crippen molar-refractivity contribution < 1.29 is 8.78 Å². The molecule has 29 heavy (non-hydrogen) atoms. The van der Waals surface area contributed by atoms with Crippen LogP contribution < -0.4 is 10.2 Å². The molecular weight excluding hydrogens is 366 g/mol. The molecule has 0 bridgehead atoms. The minimum absolute atomic E-state index is 0.202. The molecule has 1 aliphatic carbocycles. The second kappa shape index (κ2) is 10.7. The Hall–Kier alpha value is -1.94. The summed E-state index contributed by atoms with van der Waals surface area (Å²) in [5, 5.41) is 3.49. The lowest BCUT2D eigenvalue weighted by Gasteiger charge is -2.38. The number of hydrogen-bond acceptors (Lipinski definition) is 2. The van der Waals surface area contributed by atoms with E-state index in [9.17, 15) is 8.78 Å². The van der Waals surface area contributed by atoms with Gasteiger partial charge in [0.25, 0.3) is 0 Å². The molecule has 0 unspecified atom stereocenters. The van der Waals surface area contributed by atoms with E-state index < -0.39 is 11.6 Å². The Morgan fingerprint density at radius 1 is 0.897 bits per heavy atom. The van der Waals surface area contributed by atoms with Gasteiger partial charge in [0.2, 0.25) is 0 Å². The fourth-order valence-corrected chi connectivity index (χ4v) is 4.61. The monoisotopic (exact) mass is 400 g/mol. The normalized spacial score (nSPS) is 14.9. The molecule has 0 spiro atoms.